The maximum Gasteiger partial charge on any atom is 0.0605 e. The van der Waals surface area contributed by atoms with Gasteiger partial charge in [-0.25, -0.2) is 0 Å². The Morgan fingerprint density at radius 2 is 1.72 bits per heavy atom. The minimum Gasteiger partial charge on any atom is -0.381 e. The first kappa shape index (κ1) is 22.8. The molecule has 0 bridgehead atoms. The van der Waals surface area contributed by atoms with Gasteiger partial charge in [-0.3, -0.25) is 0 Å². The highest BCUT2D eigenvalue weighted by atomic mass is 16.5. The summed E-state index contributed by atoms with van der Waals surface area (Å²) in [5.41, 5.74) is 1.56. The van der Waals surface area contributed by atoms with E-state index in [9.17, 15) is 0 Å². The van der Waals surface area contributed by atoms with Gasteiger partial charge in [0.05, 0.1) is 6.10 Å². The van der Waals surface area contributed by atoms with Crippen LogP contribution in [0.2, 0.25) is 0 Å². The topological polar surface area (TPSA) is 12.5 Å². The number of piperidine rings is 1. The van der Waals surface area contributed by atoms with Gasteiger partial charge < -0.3 is 9.64 Å². The molecule has 0 N–H and O–H groups in total. The average molecular weight is 400 g/mol. The van der Waals surface area contributed by atoms with Gasteiger partial charge in [-0.1, -0.05) is 70.4 Å². The van der Waals surface area contributed by atoms with Crippen molar-refractivity contribution < 1.29 is 4.74 Å². The molecule has 164 valence electrons. The predicted molar refractivity (Wildman–Crippen MR) is 124 cm³/mol. The van der Waals surface area contributed by atoms with Crippen LogP contribution in [-0.2, 0) is 4.74 Å². The summed E-state index contributed by atoms with van der Waals surface area (Å²) in [7, 11) is 1.93. The predicted octanol–water partition coefficient (Wildman–Crippen LogP) is 6.76. The van der Waals surface area contributed by atoms with Gasteiger partial charge in [0.15, 0.2) is 0 Å². The normalized spacial score (nSPS) is 27.0. The summed E-state index contributed by atoms with van der Waals surface area (Å²) in [5, 5.41) is 0. The monoisotopic (exact) mass is 399 g/mol. The van der Waals surface area contributed by atoms with E-state index < -0.39 is 0 Å². The van der Waals surface area contributed by atoms with Crippen LogP contribution in [0.5, 0.6) is 0 Å². The lowest BCUT2D eigenvalue weighted by Gasteiger charge is -2.41. The minimum atomic E-state index is 0.457. The number of nitrogens with zero attached hydrogens (tertiary/aromatic N) is 1. The Bertz CT molecular complexity index is 565. The number of hydrogen-bond donors (Lipinski definition) is 0. The zero-order chi connectivity index (χ0) is 20.6. The highest BCUT2D eigenvalue weighted by Gasteiger charge is 2.39. The molecule has 1 heterocycles. The SMILES string of the molecule is CCC(C)CC(CC)CN1CCC(C(c2ccccc2)[C@H]2CCCC2OC)CC1. The summed E-state index contributed by atoms with van der Waals surface area (Å²) in [6, 6.07) is 11.4. The number of methoxy groups -OCH3 is 1. The molecule has 3 rings (SSSR count). The standard InChI is InChI=1S/C27H45NO/c1-5-21(3)19-22(6-2)20-28-17-15-24(16-18-28)27(23-11-8-7-9-12-23)25-13-10-14-26(25)29-4/h7-9,11-12,21-22,24-27H,5-6,10,13-20H2,1-4H3/t21?,22?,25-,26?,27?/m0/s1. The molecule has 1 aliphatic heterocycles. The fraction of sp³-hybridized carbons (Fsp3) is 0.778. The number of rotatable bonds is 10. The molecule has 0 amide bonds. The van der Waals surface area contributed by atoms with Crippen molar-refractivity contribution in [3.05, 3.63) is 35.9 Å². The summed E-state index contributed by atoms with van der Waals surface area (Å²) < 4.78 is 5.94. The Morgan fingerprint density at radius 3 is 2.34 bits per heavy atom. The highest BCUT2D eigenvalue weighted by Crippen LogP contribution is 2.46. The minimum absolute atomic E-state index is 0.457. The first-order valence-electron chi connectivity index (χ1n) is 12.5. The van der Waals surface area contributed by atoms with Gasteiger partial charge in [-0.2, -0.15) is 0 Å². The number of hydrogen-bond acceptors (Lipinski definition) is 2. The molecule has 29 heavy (non-hydrogen) atoms. The van der Waals surface area contributed by atoms with Gasteiger partial charge in [0.25, 0.3) is 0 Å². The molecule has 2 heteroatoms. The smallest absolute Gasteiger partial charge is 0.0605 e. The first-order valence-corrected chi connectivity index (χ1v) is 12.5. The molecular weight excluding hydrogens is 354 g/mol. The maximum absolute atomic E-state index is 5.94. The third kappa shape index (κ3) is 6.07. The highest BCUT2D eigenvalue weighted by molar-refractivity contribution is 5.22. The van der Waals surface area contributed by atoms with Gasteiger partial charge in [0, 0.05) is 13.7 Å². The third-order valence-corrected chi connectivity index (χ3v) is 8.12. The Labute approximate surface area is 180 Å². The molecule has 1 saturated heterocycles. The van der Waals surface area contributed by atoms with Crippen LogP contribution in [0.4, 0.5) is 0 Å². The van der Waals surface area contributed by atoms with Gasteiger partial charge in [0.2, 0.25) is 0 Å². The summed E-state index contributed by atoms with van der Waals surface area (Å²) in [5.74, 6) is 3.93. The largest absolute Gasteiger partial charge is 0.381 e. The second kappa shape index (κ2) is 11.5. The van der Waals surface area contributed by atoms with Crippen molar-refractivity contribution in [2.24, 2.45) is 23.7 Å². The van der Waals surface area contributed by atoms with E-state index in [0.29, 0.717) is 17.9 Å². The fourth-order valence-corrected chi connectivity index (χ4v) is 6.17. The zero-order valence-corrected chi connectivity index (χ0v) is 19.5. The fourth-order valence-electron chi connectivity index (χ4n) is 6.17. The molecule has 1 aromatic carbocycles. The van der Waals surface area contributed by atoms with Gasteiger partial charge in [-0.15, -0.1) is 0 Å². The molecule has 0 aromatic heterocycles. The first-order chi connectivity index (χ1) is 14.2. The van der Waals surface area contributed by atoms with Crippen LogP contribution in [0, 0.1) is 23.7 Å². The molecule has 2 fully saturated rings. The van der Waals surface area contributed by atoms with E-state index in [2.05, 4.69) is 56.0 Å². The summed E-state index contributed by atoms with van der Waals surface area (Å²) >= 11 is 0. The second-order valence-corrected chi connectivity index (χ2v) is 9.97. The lowest BCUT2D eigenvalue weighted by molar-refractivity contribution is 0.0404. The van der Waals surface area contributed by atoms with Crippen molar-refractivity contribution in [3.63, 3.8) is 0 Å². The Balaban J connectivity index is 1.63. The number of ether oxygens (including phenoxy) is 1. The van der Waals surface area contributed by atoms with E-state index in [-0.39, 0.29) is 0 Å². The molecule has 2 aliphatic rings. The maximum atomic E-state index is 5.94. The van der Waals surface area contributed by atoms with Crippen LogP contribution in [0.25, 0.3) is 0 Å². The molecule has 1 aliphatic carbocycles. The Kier molecular flexibility index (Phi) is 9.06. The third-order valence-electron chi connectivity index (χ3n) is 8.12. The Morgan fingerprint density at radius 1 is 1.00 bits per heavy atom. The molecule has 0 spiro atoms. The van der Waals surface area contributed by atoms with E-state index in [1.54, 1.807) is 5.56 Å². The van der Waals surface area contributed by atoms with Crippen molar-refractivity contribution >= 4 is 0 Å². The van der Waals surface area contributed by atoms with Crippen LogP contribution in [-0.4, -0.2) is 37.7 Å². The lowest BCUT2D eigenvalue weighted by atomic mass is 9.71. The molecule has 4 unspecified atom stereocenters. The van der Waals surface area contributed by atoms with Gasteiger partial charge in [0.1, 0.15) is 0 Å². The second-order valence-electron chi connectivity index (χ2n) is 9.97. The van der Waals surface area contributed by atoms with Gasteiger partial charge in [-0.05, 0) is 80.3 Å². The van der Waals surface area contributed by atoms with Crippen LogP contribution >= 0.6 is 0 Å². The van der Waals surface area contributed by atoms with Crippen LogP contribution in [0.3, 0.4) is 0 Å². The summed E-state index contributed by atoms with van der Waals surface area (Å²) in [6.45, 7) is 11.0. The average Bonchev–Trinajstić information content (AvgIpc) is 3.23. The van der Waals surface area contributed by atoms with Gasteiger partial charge >= 0.3 is 0 Å². The van der Waals surface area contributed by atoms with E-state index >= 15 is 0 Å². The van der Waals surface area contributed by atoms with Crippen molar-refractivity contribution in [1.29, 1.82) is 0 Å². The summed E-state index contributed by atoms with van der Waals surface area (Å²) in [4.78, 5) is 2.78. The van der Waals surface area contributed by atoms with Crippen molar-refractivity contribution in [1.82, 2.24) is 4.90 Å². The van der Waals surface area contributed by atoms with Crippen LogP contribution < -0.4 is 0 Å². The van der Waals surface area contributed by atoms with E-state index in [1.807, 2.05) is 7.11 Å². The lowest BCUT2D eigenvalue weighted by Crippen LogP contribution is -2.40. The van der Waals surface area contributed by atoms with E-state index in [4.69, 9.17) is 4.74 Å². The Hall–Kier alpha value is -0.860. The number of likely N-dealkylation sites (tertiary alicyclic amines) is 1. The van der Waals surface area contributed by atoms with E-state index in [0.717, 1.165) is 17.8 Å². The van der Waals surface area contributed by atoms with Crippen molar-refractivity contribution in [2.75, 3.05) is 26.7 Å². The molecule has 1 aromatic rings. The quantitative estimate of drug-likeness (QED) is 0.431. The number of benzene rings is 1. The molecule has 5 atom stereocenters. The zero-order valence-electron chi connectivity index (χ0n) is 19.5. The molecular formula is C27H45NO. The van der Waals surface area contributed by atoms with Crippen LogP contribution in [0.15, 0.2) is 30.3 Å². The molecule has 2 nitrogen and oxygen atoms in total. The molecule has 0 radical (unpaired) electrons. The van der Waals surface area contributed by atoms with Crippen molar-refractivity contribution in [2.45, 2.75) is 84.2 Å². The van der Waals surface area contributed by atoms with Crippen LogP contribution in [0.1, 0.15) is 83.6 Å². The summed E-state index contributed by atoms with van der Waals surface area (Å²) in [6.07, 6.45) is 11.1. The van der Waals surface area contributed by atoms with Crippen molar-refractivity contribution in [3.8, 4) is 0 Å². The van der Waals surface area contributed by atoms with E-state index in [1.165, 1.54) is 71.0 Å². The molecule has 1 saturated carbocycles.